The molecule has 0 aliphatic heterocycles. The monoisotopic (exact) mass is 369 g/mol. The summed E-state index contributed by atoms with van der Waals surface area (Å²) < 4.78 is 10.0. The van der Waals surface area contributed by atoms with Crippen molar-refractivity contribution >= 4 is 29.0 Å². The van der Waals surface area contributed by atoms with Crippen molar-refractivity contribution < 1.29 is 14.3 Å². The highest BCUT2D eigenvalue weighted by Gasteiger charge is 2.33. The Morgan fingerprint density at radius 2 is 1.92 bits per heavy atom. The van der Waals surface area contributed by atoms with E-state index in [4.69, 9.17) is 9.47 Å². The number of aliphatic imine (C=N–C) groups is 1. The van der Waals surface area contributed by atoms with Crippen LogP contribution in [0, 0.1) is 5.92 Å². The topological polar surface area (TPSA) is 47.9 Å². The molecule has 1 aliphatic rings. The predicted molar refractivity (Wildman–Crippen MR) is 106 cm³/mol. The van der Waals surface area contributed by atoms with E-state index in [-0.39, 0.29) is 5.97 Å². The lowest BCUT2D eigenvalue weighted by atomic mass is 9.99. The Morgan fingerprint density at radius 3 is 2.58 bits per heavy atom. The van der Waals surface area contributed by atoms with Gasteiger partial charge < -0.3 is 9.47 Å². The molecule has 4 nitrogen and oxygen atoms in total. The van der Waals surface area contributed by atoms with Crippen molar-refractivity contribution in [3.63, 3.8) is 0 Å². The smallest absolute Gasteiger partial charge is 0.309 e. The van der Waals surface area contributed by atoms with E-state index in [1.807, 2.05) is 48.0 Å². The van der Waals surface area contributed by atoms with Gasteiger partial charge in [-0.15, -0.1) is 11.8 Å². The van der Waals surface area contributed by atoms with Crippen molar-refractivity contribution in [1.29, 1.82) is 0 Å². The van der Waals surface area contributed by atoms with Gasteiger partial charge in [0, 0.05) is 5.25 Å². The van der Waals surface area contributed by atoms with E-state index >= 15 is 0 Å². The molecule has 0 N–H and O–H groups in total. The number of ether oxygens (including phenoxy) is 2. The predicted octanol–water partition coefficient (Wildman–Crippen LogP) is 4.96. The fraction of sp³-hybridized carbons (Fsp3) is 0.333. The first kappa shape index (κ1) is 18.5. The average Bonchev–Trinajstić information content (AvgIpc) is 3.51. The lowest BCUT2D eigenvalue weighted by Gasteiger charge is -2.17. The van der Waals surface area contributed by atoms with Crippen LogP contribution in [0.4, 0.5) is 5.69 Å². The number of benzene rings is 2. The van der Waals surface area contributed by atoms with Crippen LogP contribution in [0.1, 0.15) is 29.2 Å². The average molecular weight is 369 g/mol. The molecular weight excluding hydrogens is 346 g/mol. The highest BCUT2D eigenvalue weighted by atomic mass is 32.2. The van der Waals surface area contributed by atoms with Crippen LogP contribution in [-0.2, 0) is 16.0 Å². The number of hydrogen-bond acceptors (Lipinski definition) is 5. The first-order valence-electron chi connectivity index (χ1n) is 8.68. The standard InChI is InChI=1S/C21H23NO3S/c1-24-18-11-9-17(10-12-18)22-14-26-21(15-7-8-15)19-6-4-3-5-16(19)13-20(23)25-2/h3-6,9-12,14-15,21H,7-8,13H2,1-2H3. The molecule has 0 spiro atoms. The first-order valence-corrected chi connectivity index (χ1v) is 9.62. The quantitative estimate of drug-likeness (QED) is 0.375. The van der Waals surface area contributed by atoms with Gasteiger partial charge in [0.1, 0.15) is 5.75 Å². The Kier molecular flexibility index (Phi) is 6.34. The van der Waals surface area contributed by atoms with Gasteiger partial charge in [-0.1, -0.05) is 24.3 Å². The van der Waals surface area contributed by atoms with Crippen LogP contribution in [0.15, 0.2) is 53.5 Å². The van der Waals surface area contributed by atoms with Crippen molar-refractivity contribution in [2.45, 2.75) is 24.5 Å². The second-order valence-electron chi connectivity index (χ2n) is 6.28. The molecule has 26 heavy (non-hydrogen) atoms. The fourth-order valence-electron chi connectivity index (χ4n) is 2.86. The summed E-state index contributed by atoms with van der Waals surface area (Å²) in [5.74, 6) is 1.26. The molecule has 2 aromatic rings. The summed E-state index contributed by atoms with van der Waals surface area (Å²) in [4.78, 5) is 16.3. The molecule has 0 bridgehead atoms. The van der Waals surface area contributed by atoms with E-state index < -0.39 is 0 Å². The van der Waals surface area contributed by atoms with E-state index in [0.29, 0.717) is 17.6 Å². The highest BCUT2D eigenvalue weighted by molar-refractivity contribution is 8.12. The van der Waals surface area contributed by atoms with Gasteiger partial charge in [0.2, 0.25) is 0 Å². The van der Waals surface area contributed by atoms with E-state index in [1.165, 1.54) is 25.5 Å². The van der Waals surface area contributed by atoms with Gasteiger partial charge in [0.15, 0.2) is 0 Å². The highest BCUT2D eigenvalue weighted by Crippen LogP contribution is 2.49. The summed E-state index contributed by atoms with van der Waals surface area (Å²) in [7, 11) is 3.08. The van der Waals surface area contributed by atoms with Crippen LogP contribution in [0.3, 0.4) is 0 Å². The van der Waals surface area contributed by atoms with E-state index in [0.717, 1.165) is 17.0 Å². The third-order valence-electron chi connectivity index (χ3n) is 4.46. The summed E-state index contributed by atoms with van der Waals surface area (Å²) in [6.07, 6.45) is 2.76. The molecule has 0 heterocycles. The zero-order valence-electron chi connectivity index (χ0n) is 15.1. The number of carbonyl (C=O) groups is 1. The summed E-state index contributed by atoms with van der Waals surface area (Å²) in [6, 6.07) is 15.8. The lowest BCUT2D eigenvalue weighted by molar-refractivity contribution is -0.139. The maximum absolute atomic E-state index is 11.7. The van der Waals surface area contributed by atoms with Crippen molar-refractivity contribution in [3.8, 4) is 5.75 Å². The van der Waals surface area contributed by atoms with E-state index in [9.17, 15) is 4.79 Å². The van der Waals surface area contributed by atoms with Gasteiger partial charge in [-0.2, -0.15) is 0 Å². The Morgan fingerprint density at radius 1 is 1.19 bits per heavy atom. The number of esters is 1. The van der Waals surface area contributed by atoms with Gasteiger partial charge >= 0.3 is 5.97 Å². The van der Waals surface area contributed by atoms with Crippen LogP contribution < -0.4 is 4.74 Å². The van der Waals surface area contributed by atoms with Crippen molar-refractivity contribution in [1.82, 2.24) is 0 Å². The largest absolute Gasteiger partial charge is 0.497 e. The summed E-state index contributed by atoms with van der Waals surface area (Å²) >= 11 is 1.72. The number of hydrogen-bond donors (Lipinski definition) is 0. The molecule has 2 aromatic carbocycles. The molecule has 0 amide bonds. The number of rotatable bonds is 8. The molecule has 0 radical (unpaired) electrons. The van der Waals surface area contributed by atoms with Crippen LogP contribution in [0.5, 0.6) is 5.75 Å². The Bertz CT molecular complexity index is 769. The number of carbonyl (C=O) groups excluding carboxylic acids is 1. The second kappa shape index (κ2) is 8.90. The molecule has 1 fully saturated rings. The van der Waals surface area contributed by atoms with Crippen molar-refractivity contribution in [2.75, 3.05) is 14.2 Å². The van der Waals surface area contributed by atoms with Crippen LogP contribution in [-0.4, -0.2) is 25.7 Å². The molecule has 1 atom stereocenters. The second-order valence-corrected chi connectivity index (χ2v) is 7.27. The third kappa shape index (κ3) is 4.88. The maximum Gasteiger partial charge on any atom is 0.309 e. The normalized spacial score (nSPS) is 15.0. The fourth-order valence-corrected chi connectivity index (χ4v) is 4.05. The van der Waals surface area contributed by atoms with Crippen LogP contribution in [0.2, 0.25) is 0 Å². The van der Waals surface area contributed by atoms with Gasteiger partial charge in [0.05, 0.1) is 31.9 Å². The van der Waals surface area contributed by atoms with Gasteiger partial charge in [0.25, 0.3) is 0 Å². The van der Waals surface area contributed by atoms with E-state index in [2.05, 4.69) is 11.1 Å². The Labute approximate surface area is 158 Å². The molecule has 0 aromatic heterocycles. The number of thioether (sulfide) groups is 1. The molecule has 136 valence electrons. The first-order chi connectivity index (χ1) is 12.7. The Hall–Kier alpha value is -2.27. The zero-order valence-corrected chi connectivity index (χ0v) is 15.9. The SMILES string of the molecule is COC(=O)Cc1ccccc1C(SC=Nc1ccc(OC)cc1)C1CC1. The lowest BCUT2D eigenvalue weighted by Crippen LogP contribution is -2.09. The maximum atomic E-state index is 11.7. The van der Waals surface area contributed by atoms with Crippen molar-refractivity contribution in [2.24, 2.45) is 10.9 Å². The third-order valence-corrected chi connectivity index (χ3v) is 5.62. The summed E-state index contributed by atoms with van der Waals surface area (Å²) in [6.45, 7) is 0. The zero-order chi connectivity index (χ0) is 18.4. The minimum atomic E-state index is -0.205. The molecule has 5 heteroatoms. The summed E-state index contributed by atoms with van der Waals surface area (Å²) in [5, 5.41) is 0.317. The van der Waals surface area contributed by atoms with Crippen molar-refractivity contribution in [3.05, 3.63) is 59.7 Å². The van der Waals surface area contributed by atoms with Gasteiger partial charge in [-0.3, -0.25) is 9.79 Å². The minimum Gasteiger partial charge on any atom is -0.497 e. The molecule has 1 saturated carbocycles. The molecule has 1 unspecified atom stereocenters. The Balaban J connectivity index is 1.73. The molecule has 0 saturated heterocycles. The number of methoxy groups -OCH3 is 2. The van der Waals surface area contributed by atoms with Crippen LogP contribution >= 0.6 is 11.8 Å². The molecule has 3 rings (SSSR count). The summed E-state index contributed by atoms with van der Waals surface area (Å²) in [5.41, 5.74) is 5.07. The van der Waals surface area contributed by atoms with Gasteiger partial charge in [-0.25, -0.2) is 0 Å². The molecule has 1 aliphatic carbocycles. The number of nitrogens with zero attached hydrogens (tertiary/aromatic N) is 1. The molecular formula is C21H23NO3S. The van der Waals surface area contributed by atoms with Gasteiger partial charge in [-0.05, 0) is 54.2 Å². The van der Waals surface area contributed by atoms with E-state index in [1.54, 1.807) is 18.9 Å². The van der Waals surface area contributed by atoms with Crippen LogP contribution in [0.25, 0.3) is 0 Å². The minimum absolute atomic E-state index is 0.205.